The van der Waals surface area contributed by atoms with Crippen molar-refractivity contribution >= 4 is 23.4 Å². The minimum atomic E-state index is -0.395. The minimum Gasteiger partial charge on any atom is -0.355 e. The van der Waals surface area contributed by atoms with Gasteiger partial charge in [0.25, 0.3) is 5.91 Å². The number of nitrogens with zero attached hydrogens (tertiary/aromatic N) is 3. The molecule has 20 heavy (non-hydrogen) atoms. The van der Waals surface area contributed by atoms with Gasteiger partial charge in [0.1, 0.15) is 5.01 Å². The van der Waals surface area contributed by atoms with Crippen LogP contribution in [0, 0.1) is 6.92 Å². The zero-order valence-electron chi connectivity index (χ0n) is 10.5. The Bertz CT molecular complexity index is 736. The van der Waals surface area contributed by atoms with Gasteiger partial charge in [0.2, 0.25) is 5.95 Å². The smallest absolute Gasteiger partial charge is 0.280 e. The molecule has 0 saturated heterocycles. The number of amides is 1. The van der Waals surface area contributed by atoms with Crippen molar-refractivity contribution in [3.8, 4) is 11.3 Å². The monoisotopic (exact) mass is 286 g/mol. The second-order valence-corrected chi connectivity index (χ2v) is 4.99. The molecule has 3 rings (SSSR count). The Labute approximate surface area is 118 Å². The molecule has 0 radical (unpaired) electrons. The average Bonchev–Trinajstić information content (AvgIpc) is 3.09. The molecule has 0 unspecified atom stereocenters. The molecule has 1 N–H and O–H groups in total. The standard InChI is InChI=1S/C13H10N4O2S/c1-8-14-13(17-20-8)15-12(18)10-7-11(19-16-10)9-5-3-2-4-6-9/h2-7H,1H3,(H,15,17,18). The van der Waals surface area contributed by atoms with Gasteiger partial charge in [-0.25, -0.2) is 4.98 Å². The highest BCUT2D eigenvalue weighted by atomic mass is 32.1. The number of carbonyl (C=O) groups is 1. The number of benzene rings is 1. The first kappa shape index (κ1) is 12.5. The maximum absolute atomic E-state index is 12.0. The summed E-state index contributed by atoms with van der Waals surface area (Å²) in [6, 6.07) is 11.0. The Morgan fingerprint density at radius 3 is 2.80 bits per heavy atom. The SMILES string of the molecule is Cc1nc(NC(=O)c2cc(-c3ccccc3)on2)ns1. The summed E-state index contributed by atoms with van der Waals surface area (Å²) in [4.78, 5) is 16.0. The van der Waals surface area contributed by atoms with Crippen LogP contribution in [-0.4, -0.2) is 20.4 Å². The van der Waals surface area contributed by atoms with Crippen molar-refractivity contribution in [2.45, 2.75) is 6.92 Å². The molecule has 3 aromatic rings. The van der Waals surface area contributed by atoms with Gasteiger partial charge in [0.15, 0.2) is 11.5 Å². The normalized spacial score (nSPS) is 10.4. The Kier molecular flexibility index (Phi) is 3.26. The molecular weight excluding hydrogens is 276 g/mol. The van der Waals surface area contributed by atoms with Crippen molar-refractivity contribution < 1.29 is 9.32 Å². The highest BCUT2D eigenvalue weighted by Gasteiger charge is 2.15. The van der Waals surface area contributed by atoms with Crippen molar-refractivity contribution in [3.05, 3.63) is 47.1 Å². The van der Waals surface area contributed by atoms with Crippen molar-refractivity contribution in [1.29, 1.82) is 0 Å². The van der Waals surface area contributed by atoms with Crippen LogP contribution in [0.5, 0.6) is 0 Å². The van der Waals surface area contributed by atoms with Crippen LogP contribution in [0.4, 0.5) is 5.95 Å². The van der Waals surface area contributed by atoms with Gasteiger partial charge in [-0.1, -0.05) is 35.5 Å². The maximum atomic E-state index is 12.0. The highest BCUT2D eigenvalue weighted by Crippen LogP contribution is 2.20. The summed E-state index contributed by atoms with van der Waals surface area (Å²) < 4.78 is 9.15. The molecule has 1 amide bonds. The molecule has 1 aromatic carbocycles. The third-order valence-electron chi connectivity index (χ3n) is 2.55. The minimum absolute atomic E-state index is 0.191. The molecule has 0 saturated carbocycles. The molecule has 0 aliphatic heterocycles. The van der Waals surface area contributed by atoms with Gasteiger partial charge < -0.3 is 4.52 Å². The Morgan fingerprint density at radius 2 is 2.10 bits per heavy atom. The number of aryl methyl sites for hydroxylation is 1. The zero-order chi connectivity index (χ0) is 13.9. The first-order valence-corrected chi connectivity index (χ1v) is 6.63. The lowest BCUT2D eigenvalue weighted by molar-refractivity contribution is 0.101. The number of hydrogen-bond acceptors (Lipinski definition) is 6. The van der Waals surface area contributed by atoms with E-state index in [1.807, 2.05) is 37.3 Å². The van der Waals surface area contributed by atoms with Crippen LogP contribution in [0.15, 0.2) is 40.9 Å². The summed E-state index contributed by atoms with van der Waals surface area (Å²) in [5, 5.41) is 7.11. The lowest BCUT2D eigenvalue weighted by atomic mass is 10.1. The molecule has 0 atom stereocenters. The van der Waals surface area contributed by atoms with Crippen LogP contribution in [0.25, 0.3) is 11.3 Å². The van der Waals surface area contributed by atoms with Gasteiger partial charge in [0, 0.05) is 11.6 Å². The summed E-state index contributed by atoms with van der Waals surface area (Å²) in [6.45, 7) is 1.82. The van der Waals surface area contributed by atoms with E-state index in [0.717, 1.165) is 10.6 Å². The largest absolute Gasteiger partial charge is 0.355 e. The van der Waals surface area contributed by atoms with Crippen LogP contribution in [0.1, 0.15) is 15.5 Å². The summed E-state index contributed by atoms with van der Waals surface area (Å²) in [5.41, 5.74) is 1.05. The van der Waals surface area contributed by atoms with Crippen molar-refractivity contribution in [2.24, 2.45) is 0 Å². The second kappa shape index (κ2) is 5.22. The van der Waals surface area contributed by atoms with E-state index in [1.54, 1.807) is 6.07 Å². The molecule has 0 spiro atoms. The molecule has 2 aromatic heterocycles. The molecule has 100 valence electrons. The van der Waals surface area contributed by atoms with Crippen LogP contribution in [0.2, 0.25) is 0 Å². The summed E-state index contributed by atoms with van der Waals surface area (Å²) in [5.74, 6) is 0.425. The molecule has 0 fully saturated rings. The molecule has 0 aliphatic carbocycles. The lowest BCUT2D eigenvalue weighted by Crippen LogP contribution is -2.13. The van der Waals surface area contributed by atoms with Gasteiger partial charge in [-0.2, -0.15) is 4.37 Å². The Morgan fingerprint density at radius 1 is 1.30 bits per heavy atom. The van der Waals surface area contributed by atoms with Crippen molar-refractivity contribution in [1.82, 2.24) is 14.5 Å². The fraction of sp³-hybridized carbons (Fsp3) is 0.0769. The number of nitrogens with one attached hydrogen (secondary N) is 1. The number of anilines is 1. The maximum Gasteiger partial charge on any atom is 0.280 e. The molecule has 6 nitrogen and oxygen atoms in total. The van der Waals surface area contributed by atoms with Crippen LogP contribution in [0.3, 0.4) is 0 Å². The predicted molar refractivity (Wildman–Crippen MR) is 74.5 cm³/mol. The Hall–Kier alpha value is -2.54. The van der Waals surface area contributed by atoms with Crippen molar-refractivity contribution in [3.63, 3.8) is 0 Å². The second-order valence-electron chi connectivity index (χ2n) is 4.03. The van der Waals surface area contributed by atoms with E-state index in [0.29, 0.717) is 5.76 Å². The number of hydrogen-bond donors (Lipinski definition) is 1. The number of carbonyl (C=O) groups excluding carboxylic acids is 1. The van der Waals surface area contributed by atoms with Crippen molar-refractivity contribution in [2.75, 3.05) is 5.32 Å². The van der Waals surface area contributed by atoms with Gasteiger partial charge in [0.05, 0.1) is 0 Å². The molecule has 0 aliphatic rings. The van der Waals surface area contributed by atoms with Gasteiger partial charge >= 0.3 is 0 Å². The first-order valence-electron chi connectivity index (χ1n) is 5.86. The van der Waals surface area contributed by atoms with Crippen LogP contribution in [-0.2, 0) is 0 Å². The van der Waals surface area contributed by atoms with E-state index >= 15 is 0 Å². The molecule has 7 heteroatoms. The van der Waals surface area contributed by atoms with Gasteiger partial charge in [-0.15, -0.1) is 0 Å². The zero-order valence-corrected chi connectivity index (χ0v) is 11.3. The highest BCUT2D eigenvalue weighted by molar-refractivity contribution is 7.05. The third-order valence-corrected chi connectivity index (χ3v) is 3.17. The van der Waals surface area contributed by atoms with Gasteiger partial charge in [-0.05, 0) is 18.5 Å². The summed E-state index contributed by atoms with van der Waals surface area (Å²) in [7, 11) is 0. The summed E-state index contributed by atoms with van der Waals surface area (Å²) in [6.07, 6.45) is 0. The number of aromatic nitrogens is 3. The topological polar surface area (TPSA) is 80.9 Å². The molecule has 2 heterocycles. The van der Waals surface area contributed by atoms with Crippen LogP contribution < -0.4 is 5.32 Å². The van der Waals surface area contributed by atoms with E-state index in [-0.39, 0.29) is 11.6 Å². The molecular formula is C13H10N4O2S. The lowest BCUT2D eigenvalue weighted by Gasteiger charge is -1.94. The Balaban J connectivity index is 1.78. The van der Waals surface area contributed by atoms with E-state index in [1.165, 1.54) is 11.5 Å². The quantitative estimate of drug-likeness (QED) is 0.800. The number of rotatable bonds is 3. The summed E-state index contributed by atoms with van der Waals surface area (Å²) >= 11 is 1.22. The van der Waals surface area contributed by atoms with E-state index in [2.05, 4.69) is 19.8 Å². The fourth-order valence-electron chi connectivity index (χ4n) is 1.64. The van der Waals surface area contributed by atoms with E-state index in [9.17, 15) is 4.79 Å². The predicted octanol–water partition coefficient (Wildman–Crippen LogP) is 2.75. The molecule has 0 bridgehead atoms. The third kappa shape index (κ3) is 2.57. The van der Waals surface area contributed by atoms with Crippen LogP contribution >= 0.6 is 11.5 Å². The van der Waals surface area contributed by atoms with E-state index in [4.69, 9.17) is 4.52 Å². The fourth-order valence-corrected chi connectivity index (χ4v) is 2.07. The van der Waals surface area contributed by atoms with Gasteiger partial charge in [-0.3, -0.25) is 10.1 Å². The first-order chi connectivity index (χ1) is 9.72. The average molecular weight is 286 g/mol. The van der Waals surface area contributed by atoms with E-state index < -0.39 is 5.91 Å².